The summed E-state index contributed by atoms with van der Waals surface area (Å²) < 4.78 is 8.36. The van der Waals surface area contributed by atoms with Crippen LogP contribution >= 0.6 is 38.9 Å². The summed E-state index contributed by atoms with van der Waals surface area (Å²) in [6.45, 7) is 0.741. The number of aromatic nitrogens is 3. The number of ketones is 1. The fourth-order valence-corrected chi connectivity index (χ4v) is 4.56. The zero-order chi connectivity index (χ0) is 18.1. The average molecular weight is 453 g/mol. The highest BCUT2D eigenvalue weighted by molar-refractivity contribution is 9.11. The maximum atomic E-state index is 12.9. The number of ether oxygens (including phenoxy) is 1. The maximum absolute atomic E-state index is 12.9. The van der Waals surface area contributed by atoms with Crippen LogP contribution < -0.4 is 0 Å². The lowest BCUT2D eigenvalue weighted by atomic mass is 10.0. The van der Waals surface area contributed by atoms with Crippen molar-refractivity contribution in [2.24, 2.45) is 0 Å². The van der Waals surface area contributed by atoms with E-state index in [0.717, 1.165) is 34.5 Å². The van der Waals surface area contributed by atoms with Crippen LogP contribution in [0.5, 0.6) is 0 Å². The Bertz CT molecular complexity index is 932. The number of halogens is 2. The third-order valence-electron chi connectivity index (χ3n) is 4.22. The molecule has 1 atom stereocenters. The van der Waals surface area contributed by atoms with Crippen LogP contribution in [0.1, 0.15) is 41.4 Å². The van der Waals surface area contributed by atoms with Crippen molar-refractivity contribution in [3.05, 3.63) is 56.6 Å². The van der Waals surface area contributed by atoms with Crippen LogP contribution in [0.4, 0.5) is 0 Å². The van der Waals surface area contributed by atoms with E-state index in [2.05, 4.69) is 26.0 Å². The Morgan fingerprint density at radius 3 is 2.85 bits per heavy atom. The molecule has 1 aromatic carbocycles. The number of thiophene rings is 1. The quantitative estimate of drug-likeness (QED) is 0.501. The van der Waals surface area contributed by atoms with Gasteiger partial charge in [0.05, 0.1) is 8.66 Å². The van der Waals surface area contributed by atoms with Crippen molar-refractivity contribution in [2.45, 2.75) is 25.5 Å². The van der Waals surface area contributed by atoms with E-state index in [1.807, 2.05) is 6.07 Å². The molecule has 3 aromatic rings. The van der Waals surface area contributed by atoms with E-state index >= 15 is 0 Å². The molecule has 0 radical (unpaired) electrons. The molecule has 0 aliphatic carbocycles. The summed E-state index contributed by atoms with van der Waals surface area (Å²) in [5, 5.41) is 5.16. The van der Waals surface area contributed by atoms with Crippen molar-refractivity contribution in [2.75, 3.05) is 6.61 Å². The summed E-state index contributed by atoms with van der Waals surface area (Å²) in [4.78, 5) is 18.1. The first-order valence-electron chi connectivity index (χ1n) is 8.24. The molecule has 5 nitrogen and oxygen atoms in total. The molecule has 1 unspecified atom stereocenters. The third-order valence-corrected chi connectivity index (χ3v) is 6.10. The van der Waals surface area contributed by atoms with Gasteiger partial charge in [-0.05, 0) is 65.5 Å². The normalized spacial score (nSPS) is 17.4. The largest absolute Gasteiger partial charge is 0.356 e. The first-order valence-corrected chi connectivity index (χ1v) is 10.2. The van der Waals surface area contributed by atoms with Crippen LogP contribution in [-0.4, -0.2) is 27.2 Å². The van der Waals surface area contributed by atoms with Gasteiger partial charge in [-0.2, -0.15) is 0 Å². The molecule has 3 heterocycles. The Labute approximate surface area is 168 Å². The third kappa shape index (κ3) is 3.62. The number of carbonyl (C=O) groups excluding carboxylic acids is 1. The van der Waals surface area contributed by atoms with Crippen molar-refractivity contribution in [3.63, 3.8) is 0 Å². The lowest BCUT2D eigenvalue weighted by Crippen LogP contribution is -2.18. The number of rotatable bonds is 4. The van der Waals surface area contributed by atoms with Crippen molar-refractivity contribution in [1.29, 1.82) is 0 Å². The first-order chi connectivity index (χ1) is 12.6. The Morgan fingerprint density at radius 1 is 1.31 bits per heavy atom. The summed E-state index contributed by atoms with van der Waals surface area (Å²) in [7, 11) is 0. The molecule has 26 heavy (non-hydrogen) atoms. The summed E-state index contributed by atoms with van der Waals surface area (Å²) in [6.07, 6.45) is 4.72. The van der Waals surface area contributed by atoms with Gasteiger partial charge >= 0.3 is 0 Å². The number of benzene rings is 1. The highest BCUT2D eigenvalue weighted by Gasteiger charge is 2.23. The lowest BCUT2D eigenvalue weighted by Gasteiger charge is -2.21. The molecule has 1 aliphatic rings. The number of carbonyl (C=O) groups is 1. The van der Waals surface area contributed by atoms with E-state index in [-0.39, 0.29) is 12.0 Å². The molecule has 1 fully saturated rings. The van der Waals surface area contributed by atoms with Crippen LogP contribution in [-0.2, 0) is 4.74 Å². The fourth-order valence-electron chi connectivity index (χ4n) is 2.90. The molecule has 8 heteroatoms. The second-order valence-corrected chi connectivity index (χ2v) is 8.87. The van der Waals surface area contributed by atoms with Gasteiger partial charge in [0.1, 0.15) is 6.33 Å². The summed E-state index contributed by atoms with van der Waals surface area (Å²) >= 11 is 10.8. The molecule has 134 valence electrons. The molecule has 1 aliphatic heterocycles. The molecule has 0 saturated carbocycles. The van der Waals surface area contributed by atoms with Gasteiger partial charge < -0.3 is 4.74 Å². The smallest absolute Gasteiger partial charge is 0.194 e. The lowest BCUT2D eigenvalue weighted by molar-refractivity contribution is -0.0395. The van der Waals surface area contributed by atoms with Gasteiger partial charge in [-0.15, -0.1) is 16.4 Å². The molecule has 0 spiro atoms. The van der Waals surface area contributed by atoms with Crippen molar-refractivity contribution in [1.82, 2.24) is 14.8 Å². The summed E-state index contributed by atoms with van der Waals surface area (Å²) in [5.41, 5.74) is 1.16. The Morgan fingerprint density at radius 2 is 2.12 bits per heavy atom. The SMILES string of the molecule is O=C(c1ccc(Cl)cc1)c1cc(Br)sc1-c1ncn(C2CCCCO2)n1. The molecule has 0 N–H and O–H groups in total. The van der Waals surface area contributed by atoms with E-state index in [4.69, 9.17) is 16.3 Å². The topological polar surface area (TPSA) is 57.0 Å². The van der Waals surface area contributed by atoms with Crippen molar-refractivity contribution < 1.29 is 9.53 Å². The molecule has 2 aromatic heterocycles. The minimum absolute atomic E-state index is 0.0797. The molecular weight excluding hydrogens is 438 g/mol. The fraction of sp³-hybridized carbons (Fsp3) is 0.278. The van der Waals surface area contributed by atoms with Gasteiger partial charge in [-0.25, -0.2) is 9.67 Å². The van der Waals surface area contributed by atoms with Gasteiger partial charge in [-0.3, -0.25) is 4.79 Å². The molecule has 0 amide bonds. The molecule has 1 saturated heterocycles. The number of nitrogens with zero attached hydrogens (tertiary/aromatic N) is 3. The zero-order valence-corrected chi connectivity index (χ0v) is 16.9. The van der Waals surface area contributed by atoms with Crippen LogP contribution in [0, 0.1) is 0 Å². The monoisotopic (exact) mass is 451 g/mol. The average Bonchev–Trinajstić information content (AvgIpc) is 3.29. The van der Waals surface area contributed by atoms with Crippen LogP contribution in [0.15, 0.2) is 40.4 Å². The predicted octanol–water partition coefficient (Wildman–Crippen LogP) is 5.35. The van der Waals surface area contributed by atoms with Gasteiger partial charge in [0.15, 0.2) is 17.8 Å². The van der Waals surface area contributed by atoms with Gasteiger partial charge in [0.2, 0.25) is 0 Å². The van der Waals surface area contributed by atoms with Gasteiger partial charge in [-0.1, -0.05) is 11.6 Å². The maximum Gasteiger partial charge on any atom is 0.194 e. The van der Waals surface area contributed by atoms with Gasteiger partial charge in [0.25, 0.3) is 0 Å². The highest BCUT2D eigenvalue weighted by Crippen LogP contribution is 2.36. The summed E-state index contributed by atoms with van der Waals surface area (Å²) in [6, 6.07) is 8.69. The van der Waals surface area contributed by atoms with E-state index < -0.39 is 0 Å². The second-order valence-electron chi connectivity index (χ2n) is 6.00. The zero-order valence-electron chi connectivity index (χ0n) is 13.7. The molecular formula is C18H15BrClN3O2S. The minimum atomic E-state index is -0.0798. The van der Waals surface area contributed by atoms with Crippen LogP contribution in [0.3, 0.4) is 0 Å². The van der Waals surface area contributed by atoms with Crippen LogP contribution in [0.2, 0.25) is 5.02 Å². The standard InChI is InChI=1S/C18H15BrClN3O2S/c19-14-9-13(16(24)11-4-6-12(20)7-5-11)17(26-14)18-21-10-23(22-18)15-3-1-2-8-25-15/h4-7,9-10,15H,1-3,8H2. The van der Waals surface area contributed by atoms with E-state index in [1.54, 1.807) is 35.3 Å². The van der Waals surface area contributed by atoms with Crippen molar-refractivity contribution in [3.8, 4) is 10.7 Å². The highest BCUT2D eigenvalue weighted by atomic mass is 79.9. The number of hydrogen-bond acceptors (Lipinski definition) is 5. The second kappa shape index (κ2) is 7.60. The minimum Gasteiger partial charge on any atom is -0.356 e. The number of hydrogen-bond donors (Lipinski definition) is 0. The Kier molecular flexibility index (Phi) is 5.22. The van der Waals surface area contributed by atoms with E-state index in [0.29, 0.717) is 22.0 Å². The molecule has 0 bridgehead atoms. The molecule has 4 rings (SSSR count). The van der Waals surface area contributed by atoms with Crippen LogP contribution in [0.25, 0.3) is 10.7 Å². The van der Waals surface area contributed by atoms with E-state index in [1.165, 1.54) is 11.3 Å². The van der Waals surface area contributed by atoms with Crippen molar-refractivity contribution >= 4 is 44.7 Å². The van der Waals surface area contributed by atoms with Gasteiger partial charge in [0, 0.05) is 22.8 Å². The van der Waals surface area contributed by atoms with E-state index in [9.17, 15) is 4.79 Å². The summed E-state index contributed by atoms with van der Waals surface area (Å²) in [5.74, 6) is 0.455. The Balaban J connectivity index is 1.66. The Hall–Kier alpha value is -1.54. The first kappa shape index (κ1) is 17.9. The predicted molar refractivity (Wildman–Crippen MR) is 105 cm³/mol.